The molecule has 0 aliphatic heterocycles. The molecule has 2 heterocycles. The molecule has 0 radical (unpaired) electrons. The third-order valence-corrected chi connectivity index (χ3v) is 3.67. The van der Waals surface area contributed by atoms with Crippen LogP contribution in [0.5, 0.6) is 0 Å². The van der Waals surface area contributed by atoms with Crippen molar-refractivity contribution in [1.82, 2.24) is 0 Å². The van der Waals surface area contributed by atoms with Crippen LogP contribution in [0.4, 0.5) is 0 Å². The maximum absolute atomic E-state index is 2.18. The van der Waals surface area contributed by atoms with Crippen molar-refractivity contribution in [3.8, 4) is 0 Å². The van der Waals surface area contributed by atoms with Gasteiger partial charge in [0.1, 0.15) is 0 Å². The van der Waals surface area contributed by atoms with Gasteiger partial charge in [0.25, 0.3) is 0 Å². The van der Waals surface area contributed by atoms with E-state index in [2.05, 4.69) is 48.0 Å². The predicted molar refractivity (Wildman–Crippen MR) is 61.4 cm³/mol. The van der Waals surface area contributed by atoms with Crippen LogP contribution in [0.1, 0.15) is 16.7 Å². The molecule has 0 saturated carbocycles. The van der Waals surface area contributed by atoms with Gasteiger partial charge in [0.2, 0.25) is 0 Å². The first kappa shape index (κ1) is 8.73. The van der Waals surface area contributed by atoms with Crippen LogP contribution in [0.15, 0.2) is 41.1 Å². The van der Waals surface area contributed by atoms with Crippen molar-refractivity contribution in [2.45, 2.75) is 6.92 Å². The quantitative estimate of drug-likeness (QED) is 0.688. The van der Waals surface area contributed by atoms with Crippen molar-refractivity contribution in [3.63, 3.8) is 0 Å². The number of thiophene rings is 2. The molecule has 0 amide bonds. The van der Waals surface area contributed by atoms with Crippen molar-refractivity contribution < 1.29 is 0 Å². The molecule has 2 rings (SSSR count). The van der Waals surface area contributed by atoms with E-state index in [1.807, 2.05) is 0 Å². The number of rotatable bonds is 2. The van der Waals surface area contributed by atoms with Crippen molar-refractivity contribution in [1.29, 1.82) is 0 Å². The van der Waals surface area contributed by atoms with Crippen molar-refractivity contribution >= 4 is 28.2 Å². The standard InChI is InChI=1S/C11H10S2/c1-2-9(10-5-3-7-12-10)11-6-4-8-13-11/h2-8H,1H3. The zero-order chi connectivity index (χ0) is 9.10. The SMILES string of the molecule is CC=C(c1cccs1)c1cccs1. The molecule has 0 bridgehead atoms. The van der Waals surface area contributed by atoms with Gasteiger partial charge in [-0.25, -0.2) is 0 Å². The fraction of sp³-hybridized carbons (Fsp3) is 0.0909. The van der Waals surface area contributed by atoms with E-state index in [4.69, 9.17) is 0 Å². The highest BCUT2D eigenvalue weighted by Gasteiger charge is 2.04. The highest BCUT2D eigenvalue weighted by Crippen LogP contribution is 2.29. The van der Waals surface area contributed by atoms with Gasteiger partial charge >= 0.3 is 0 Å². The molecule has 0 fully saturated rings. The van der Waals surface area contributed by atoms with Crippen molar-refractivity contribution in [3.05, 3.63) is 50.9 Å². The zero-order valence-electron chi connectivity index (χ0n) is 7.36. The molecule has 0 aromatic carbocycles. The van der Waals surface area contributed by atoms with Gasteiger partial charge in [0, 0.05) is 15.3 Å². The maximum atomic E-state index is 2.18. The van der Waals surface area contributed by atoms with Gasteiger partial charge in [0.05, 0.1) is 0 Å². The van der Waals surface area contributed by atoms with E-state index < -0.39 is 0 Å². The summed E-state index contributed by atoms with van der Waals surface area (Å²) >= 11 is 3.58. The topological polar surface area (TPSA) is 0 Å². The Hall–Kier alpha value is -0.860. The summed E-state index contributed by atoms with van der Waals surface area (Å²) in [6, 6.07) is 8.52. The second kappa shape index (κ2) is 3.90. The van der Waals surface area contributed by atoms with Crippen LogP contribution < -0.4 is 0 Å². The lowest BCUT2D eigenvalue weighted by atomic mass is 10.2. The van der Waals surface area contributed by atoms with Gasteiger partial charge in [0.15, 0.2) is 0 Å². The summed E-state index contributed by atoms with van der Waals surface area (Å²) in [6.45, 7) is 2.09. The van der Waals surface area contributed by atoms with Crippen LogP contribution in [0.2, 0.25) is 0 Å². The Balaban J connectivity index is 2.42. The number of allylic oxidation sites excluding steroid dienone is 1. The smallest absolute Gasteiger partial charge is 0.0353 e. The summed E-state index contributed by atoms with van der Waals surface area (Å²) in [6.07, 6.45) is 2.18. The van der Waals surface area contributed by atoms with E-state index in [0.29, 0.717) is 0 Å². The molecular formula is C11H10S2. The Morgan fingerprint density at radius 1 is 1.08 bits per heavy atom. The molecule has 0 spiro atoms. The highest BCUT2D eigenvalue weighted by molar-refractivity contribution is 7.13. The van der Waals surface area contributed by atoms with Crippen LogP contribution >= 0.6 is 22.7 Å². The molecule has 2 heteroatoms. The largest absolute Gasteiger partial charge is 0.144 e. The lowest BCUT2D eigenvalue weighted by Crippen LogP contribution is -1.77. The summed E-state index contributed by atoms with van der Waals surface area (Å²) in [7, 11) is 0. The number of hydrogen-bond donors (Lipinski definition) is 0. The van der Waals surface area contributed by atoms with E-state index in [1.165, 1.54) is 15.3 Å². The van der Waals surface area contributed by atoms with E-state index in [-0.39, 0.29) is 0 Å². The fourth-order valence-electron chi connectivity index (χ4n) is 1.27. The van der Waals surface area contributed by atoms with Crippen molar-refractivity contribution in [2.24, 2.45) is 0 Å². The molecule has 0 unspecified atom stereocenters. The fourth-order valence-corrected chi connectivity index (χ4v) is 2.97. The normalized spacial score (nSPS) is 9.92. The Labute approximate surface area is 86.2 Å². The van der Waals surface area contributed by atoms with E-state index in [9.17, 15) is 0 Å². The maximum Gasteiger partial charge on any atom is 0.0353 e. The summed E-state index contributed by atoms with van der Waals surface area (Å²) in [4.78, 5) is 2.70. The monoisotopic (exact) mass is 206 g/mol. The predicted octanol–water partition coefficient (Wildman–Crippen LogP) is 4.26. The Morgan fingerprint density at radius 3 is 1.92 bits per heavy atom. The van der Waals surface area contributed by atoms with Gasteiger partial charge in [-0.1, -0.05) is 18.2 Å². The van der Waals surface area contributed by atoms with Gasteiger partial charge in [-0.15, -0.1) is 22.7 Å². The van der Waals surface area contributed by atoms with Gasteiger partial charge in [-0.05, 0) is 29.8 Å². The average Bonchev–Trinajstić information content (AvgIpc) is 2.76. The molecule has 0 aliphatic carbocycles. The van der Waals surface area contributed by atoms with Gasteiger partial charge in [-0.2, -0.15) is 0 Å². The first-order valence-electron chi connectivity index (χ1n) is 4.16. The minimum absolute atomic E-state index is 1.35. The number of hydrogen-bond acceptors (Lipinski definition) is 2. The lowest BCUT2D eigenvalue weighted by molar-refractivity contribution is 1.69. The van der Waals surface area contributed by atoms with Gasteiger partial charge in [-0.3, -0.25) is 0 Å². The zero-order valence-corrected chi connectivity index (χ0v) is 8.99. The third kappa shape index (κ3) is 1.74. The van der Waals surface area contributed by atoms with Crippen LogP contribution in [-0.4, -0.2) is 0 Å². The Morgan fingerprint density at radius 2 is 1.62 bits per heavy atom. The van der Waals surface area contributed by atoms with E-state index in [1.54, 1.807) is 22.7 Å². The molecule has 0 nitrogen and oxygen atoms in total. The summed E-state index contributed by atoms with van der Waals surface area (Å²) < 4.78 is 0. The van der Waals surface area contributed by atoms with E-state index in [0.717, 1.165) is 0 Å². The first-order valence-corrected chi connectivity index (χ1v) is 5.92. The lowest BCUT2D eigenvalue weighted by Gasteiger charge is -1.99. The first-order chi connectivity index (χ1) is 6.42. The molecule has 0 atom stereocenters. The minimum Gasteiger partial charge on any atom is -0.144 e. The van der Waals surface area contributed by atoms with Crippen LogP contribution in [0.3, 0.4) is 0 Å². The third-order valence-electron chi connectivity index (χ3n) is 1.86. The second-order valence-electron chi connectivity index (χ2n) is 2.66. The Bertz CT molecular complexity index is 343. The van der Waals surface area contributed by atoms with Crippen LogP contribution in [-0.2, 0) is 0 Å². The molecule has 0 saturated heterocycles. The molecule has 13 heavy (non-hydrogen) atoms. The molecule has 0 N–H and O–H groups in total. The van der Waals surface area contributed by atoms with E-state index >= 15 is 0 Å². The second-order valence-corrected chi connectivity index (χ2v) is 4.55. The average molecular weight is 206 g/mol. The molecular weight excluding hydrogens is 196 g/mol. The highest BCUT2D eigenvalue weighted by atomic mass is 32.1. The summed E-state index contributed by atoms with van der Waals surface area (Å²) in [5, 5.41) is 4.24. The molecule has 2 aromatic heterocycles. The summed E-state index contributed by atoms with van der Waals surface area (Å²) in [5.41, 5.74) is 1.35. The van der Waals surface area contributed by atoms with Gasteiger partial charge < -0.3 is 0 Å². The van der Waals surface area contributed by atoms with Crippen molar-refractivity contribution in [2.75, 3.05) is 0 Å². The molecule has 0 aliphatic rings. The van der Waals surface area contributed by atoms with Crippen LogP contribution in [0, 0.1) is 0 Å². The molecule has 2 aromatic rings. The minimum atomic E-state index is 1.35. The summed E-state index contributed by atoms with van der Waals surface area (Å²) in [5.74, 6) is 0. The molecule has 66 valence electrons. The Kier molecular flexibility index (Phi) is 2.62. The van der Waals surface area contributed by atoms with Crippen LogP contribution in [0.25, 0.3) is 5.57 Å².